The summed E-state index contributed by atoms with van der Waals surface area (Å²) >= 11 is 0. The number of aliphatic hydroxyl groups is 1. The zero-order valence-corrected chi connectivity index (χ0v) is 19.9. The van der Waals surface area contributed by atoms with E-state index in [1.807, 2.05) is 43.3 Å². The van der Waals surface area contributed by atoms with Crippen molar-refractivity contribution in [2.24, 2.45) is 0 Å². The quantitative estimate of drug-likeness (QED) is 0.263. The van der Waals surface area contributed by atoms with Gasteiger partial charge in [-0.15, -0.1) is 0 Å². The lowest BCUT2D eigenvalue weighted by Crippen LogP contribution is -2.30. The summed E-state index contributed by atoms with van der Waals surface area (Å²) in [5.74, 6) is -0.691. The highest BCUT2D eigenvalue weighted by Gasteiger charge is 2.46. The second-order valence-corrected chi connectivity index (χ2v) is 8.25. The van der Waals surface area contributed by atoms with Crippen LogP contribution < -0.4 is 14.4 Å². The number of methoxy groups -OCH3 is 2. The Morgan fingerprint density at radius 2 is 1.73 bits per heavy atom. The number of rotatable bonds is 9. The molecule has 0 aliphatic carbocycles. The van der Waals surface area contributed by atoms with Crippen LogP contribution >= 0.6 is 0 Å². The summed E-state index contributed by atoms with van der Waals surface area (Å²) in [7, 11) is 6.89. The van der Waals surface area contributed by atoms with Gasteiger partial charge < -0.3 is 24.4 Å². The first-order valence-corrected chi connectivity index (χ1v) is 11.1. The van der Waals surface area contributed by atoms with E-state index in [-0.39, 0.29) is 11.3 Å². The largest absolute Gasteiger partial charge is 0.507 e. The van der Waals surface area contributed by atoms with Crippen LogP contribution in [0.5, 0.6) is 11.5 Å². The Kier molecular flexibility index (Phi) is 7.63. The first kappa shape index (κ1) is 24.2. The van der Waals surface area contributed by atoms with Crippen molar-refractivity contribution in [3.8, 4) is 11.5 Å². The number of hydrogen-bond donors (Lipinski definition) is 1. The number of carbonyl (C=O) groups excluding carboxylic acids is 2. The van der Waals surface area contributed by atoms with Gasteiger partial charge in [0.1, 0.15) is 17.3 Å². The van der Waals surface area contributed by atoms with E-state index < -0.39 is 17.7 Å². The van der Waals surface area contributed by atoms with E-state index in [1.165, 1.54) is 14.2 Å². The molecule has 0 bridgehead atoms. The Morgan fingerprint density at radius 1 is 1.03 bits per heavy atom. The van der Waals surface area contributed by atoms with Crippen LogP contribution in [0.15, 0.2) is 48.0 Å². The topological polar surface area (TPSA) is 79.3 Å². The molecule has 1 aliphatic rings. The normalized spacial score (nSPS) is 17.4. The molecule has 1 amide bonds. The van der Waals surface area contributed by atoms with Crippen LogP contribution in [0.1, 0.15) is 43.4 Å². The fourth-order valence-electron chi connectivity index (χ4n) is 4.09. The lowest BCUT2D eigenvalue weighted by molar-refractivity contribution is -0.139. The molecule has 176 valence electrons. The summed E-state index contributed by atoms with van der Waals surface area (Å²) in [6.45, 7) is 2.52. The van der Waals surface area contributed by atoms with Crippen molar-refractivity contribution in [3.05, 3.63) is 59.2 Å². The van der Waals surface area contributed by atoms with E-state index >= 15 is 0 Å². The predicted octanol–water partition coefficient (Wildman–Crippen LogP) is 4.38. The fraction of sp³-hybridized carbons (Fsp3) is 0.385. The molecule has 7 nitrogen and oxygen atoms in total. The maximum atomic E-state index is 13.2. The molecule has 1 heterocycles. The van der Waals surface area contributed by atoms with Crippen LogP contribution in [0.4, 0.5) is 5.69 Å². The van der Waals surface area contributed by atoms with Gasteiger partial charge in [-0.2, -0.15) is 0 Å². The number of Topliss-reactive ketones (excluding diaryl/α,β-unsaturated/α-hetero) is 1. The molecule has 0 saturated carbocycles. The first-order chi connectivity index (χ1) is 15.8. The number of anilines is 1. The Bertz CT molecular complexity index is 1040. The highest BCUT2D eigenvalue weighted by Crippen LogP contribution is 2.42. The summed E-state index contributed by atoms with van der Waals surface area (Å²) in [5.41, 5.74) is 2.12. The number of amides is 1. The van der Waals surface area contributed by atoms with Crippen LogP contribution in [0.25, 0.3) is 5.76 Å². The van der Waals surface area contributed by atoms with Gasteiger partial charge in [0.15, 0.2) is 0 Å². The maximum Gasteiger partial charge on any atom is 0.295 e. The van der Waals surface area contributed by atoms with Crippen molar-refractivity contribution in [3.63, 3.8) is 0 Å². The van der Waals surface area contributed by atoms with E-state index in [0.717, 1.165) is 30.5 Å². The predicted molar refractivity (Wildman–Crippen MR) is 129 cm³/mol. The van der Waals surface area contributed by atoms with Crippen LogP contribution in [-0.4, -0.2) is 56.6 Å². The number of nitrogens with zero attached hydrogens (tertiary/aromatic N) is 2. The summed E-state index contributed by atoms with van der Waals surface area (Å²) in [6, 6.07) is 12.0. The monoisotopic (exact) mass is 452 g/mol. The van der Waals surface area contributed by atoms with Crippen LogP contribution in [-0.2, 0) is 9.59 Å². The van der Waals surface area contributed by atoms with E-state index in [0.29, 0.717) is 23.6 Å². The molecule has 2 aromatic rings. The van der Waals surface area contributed by atoms with Crippen LogP contribution in [0, 0.1) is 0 Å². The average molecular weight is 453 g/mol. The zero-order valence-electron chi connectivity index (χ0n) is 19.9. The van der Waals surface area contributed by atoms with E-state index in [2.05, 4.69) is 6.92 Å². The minimum atomic E-state index is -0.699. The minimum Gasteiger partial charge on any atom is -0.507 e. The highest BCUT2D eigenvalue weighted by atomic mass is 16.5. The third kappa shape index (κ3) is 4.82. The standard InChI is InChI=1S/C26H32N2O5/c1-6-7-8-15-28-23(17-9-11-18(12-10-17)27(2)3)22(25(30)26(28)31)24(29)20-16-19(32-4)13-14-21(20)33-5/h9-14,16,23,29H,6-8,15H2,1-5H3/b24-22+. The van der Waals surface area contributed by atoms with Gasteiger partial charge in [-0.25, -0.2) is 0 Å². The molecule has 2 aromatic carbocycles. The fourth-order valence-corrected chi connectivity index (χ4v) is 4.09. The van der Waals surface area contributed by atoms with Crippen molar-refractivity contribution in [1.29, 1.82) is 0 Å². The molecule has 1 unspecified atom stereocenters. The van der Waals surface area contributed by atoms with E-state index in [4.69, 9.17) is 9.47 Å². The number of carbonyl (C=O) groups is 2. The van der Waals surface area contributed by atoms with E-state index in [1.54, 1.807) is 23.1 Å². The van der Waals surface area contributed by atoms with Gasteiger partial charge in [-0.3, -0.25) is 9.59 Å². The molecule has 33 heavy (non-hydrogen) atoms. The highest BCUT2D eigenvalue weighted by molar-refractivity contribution is 6.46. The SMILES string of the molecule is CCCCCN1C(=O)C(=O)/C(=C(/O)c2cc(OC)ccc2OC)C1c1ccc(N(C)C)cc1. The number of ketones is 1. The Hall–Kier alpha value is -3.48. The van der Waals surface area contributed by atoms with E-state index in [9.17, 15) is 14.7 Å². The maximum absolute atomic E-state index is 13.2. The molecule has 1 aliphatic heterocycles. The number of unbranched alkanes of at least 4 members (excludes halogenated alkanes) is 2. The smallest absolute Gasteiger partial charge is 0.295 e. The van der Waals surface area contributed by atoms with Crippen molar-refractivity contribution in [2.45, 2.75) is 32.2 Å². The van der Waals surface area contributed by atoms with Crippen molar-refractivity contribution in [1.82, 2.24) is 4.90 Å². The number of hydrogen-bond acceptors (Lipinski definition) is 6. The summed E-state index contributed by atoms with van der Waals surface area (Å²) in [4.78, 5) is 29.8. The Morgan fingerprint density at radius 3 is 2.30 bits per heavy atom. The molecule has 0 spiro atoms. The number of benzene rings is 2. The molecule has 1 fully saturated rings. The Balaban J connectivity index is 2.18. The summed E-state index contributed by atoms with van der Waals surface area (Å²) in [6.07, 6.45) is 2.71. The van der Waals surface area contributed by atoms with Gasteiger partial charge in [0.05, 0.1) is 31.4 Å². The molecule has 0 aromatic heterocycles. The van der Waals surface area contributed by atoms with Crippen molar-refractivity contribution in [2.75, 3.05) is 39.8 Å². The minimum absolute atomic E-state index is 0.0562. The van der Waals surface area contributed by atoms with Crippen molar-refractivity contribution >= 4 is 23.1 Å². The lowest BCUT2D eigenvalue weighted by Gasteiger charge is -2.26. The average Bonchev–Trinajstić information content (AvgIpc) is 3.08. The molecule has 0 radical (unpaired) electrons. The third-order valence-electron chi connectivity index (χ3n) is 5.93. The summed E-state index contributed by atoms with van der Waals surface area (Å²) < 4.78 is 10.7. The zero-order chi connectivity index (χ0) is 24.1. The second-order valence-electron chi connectivity index (χ2n) is 8.25. The lowest BCUT2D eigenvalue weighted by atomic mass is 9.94. The molecule has 1 saturated heterocycles. The van der Waals surface area contributed by atoms with Gasteiger partial charge in [0.2, 0.25) is 0 Å². The van der Waals surface area contributed by atoms with Crippen LogP contribution in [0.3, 0.4) is 0 Å². The molecule has 7 heteroatoms. The van der Waals surface area contributed by atoms with Gasteiger partial charge in [0.25, 0.3) is 11.7 Å². The molecular formula is C26H32N2O5. The van der Waals surface area contributed by atoms with Gasteiger partial charge in [-0.05, 0) is 42.3 Å². The van der Waals surface area contributed by atoms with Gasteiger partial charge in [-0.1, -0.05) is 31.9 Å². The molecule has 1 N–H and O–H groups in total. The molecular weight excluding hydrogens is 420 g/mol. The Labute approximate surface area is 195 Å². The third-order valence-corrected chi connectivity index (χ3v) is 5.93. The van der Waals surface area contributed by atoms with Crippen LogP contribution in [0.2, 0.25) is 0 Å². The number of ether oxygens (including phenoxy) is 2. The van der Waals surface area contributed by atoms with Crippen molar-refractivity contribution < 1.29 is 24.2 Å². The van der Waals surface area contributed by atoms with Gasteiger partial charge >= 0.3 is 0 Å². The molecule has 1 atom stereocenters. The molecule has 3 rings (SSSR count). The summed E-state index contributed by atoms with van der Waals surface area (Å²) in [5, 5.41) is 11.3. The first-order valence-electron chi connectivity index (χ1n) is 11.1. The number of likely N-dealkylation sites (tertiary alicyclic amines) is 1. The second kappa shape index (κ2) is 10.4. The number of aliphatic hydroxyl groups excluding tert-OH is 1. The van der Waals surface area contributed by atoms with Gasteiger partial charge in [0, 0.05) is 26.3 Å².